The lowest BCUT2D eigenvalue weighted by molar-refractivity contribution is -0.122. The quantitative estimate of drug-likeness (QED) is 0.833. The van der Waals surface area contributed by atoms with Crippen LogP contribution in [0.2, 0.25) is 0 Å². The Morgan fingerprint density at radius 3 is 2.77 bits per heavy atom. The summed E-state index contributed by atoms with van der Waals surface area (Å²) in [5.41, 5.74) is 1.27. The highest BCUT2D eigenvalue weighted by Gasteiger charge is 2.54. The Bertz CT molecular complexity index is 914. The van der Waals surface area contributed by atoms with Gasteiger partial charge >= 0.3 is 0 Å². The molecule has 134 valence electrons. The molecule has 1 spiro atoms. The second-order valence-corrected chi connectivity index (χ2v) is 6.82. The summed E-state index contributed by atoms with van der Waals surface area (Å²) in [6.45, 7) is 0.733. The number of likely N-dealkylation sites (tertiary alicyclic amines) is 1. The van der Waals surface area contributed by atoms with E-state index in [0.717, 1.165) is 11.3 Å². The molecule has 1 saturated heterocycles. The van der Waals surface area contributed by atoms with E-state index in [1.807, 2.05) is 18.2 Å². The number of carbonyl (C=O) groups excluding carboxylic acids is 2. The number of hydrogen-bond donors (Lipinski definition) is 0. The van der Waals surface area contributed by atoms with Crippen LogP contribution >= 0.6 is 0 Å². The minimum atomic E-state index is -0.762. The largest absolute Gasteiger partial charge is 0.497 e. The maximum absolute atomic E-state index is 13.5. The number of hydrogen-bond acceptors (Lipinski definition) is 3. The number of methoxy groups -OCH3 is 1. The maximum Gasteiger partial charge on any atom is 0.254 e. The summed E-state index contributed by atoms with van der Waals surface area (Å²) in [7, 11) is 3.34. The number of nitrogens with zero attached hydrogens (tertiary/aromatic N) is 2. The Balaban J connectivity index is 1.69. The first-order chi connectivity index (χ1) is 12.5. The molecule has 0 bridgehead atoms. The average molecular weight is 354 g/mol. The van der Waals surface area contributed by atoms with E-state index in [-0.39, 0.29) is 18.4 Å². The Hall–Kier alpha value is -2.89. The smallest absolute Gasteiger partial charge is 0.254 e. The Morgan fingerprint density at radius 2 is 2.04 bits per heavy atom. The normalized spacial score (nSPS) is 21.4. The van der Waals surface area contributed by atoms with Crippen molar-refractivity contribution >= 4 is 17.5 Å². The highest BCUT2D eigenvalue weighted by Crippen LogP contribution is 2.48. The van der Waals surface area contributed by atoms with Gasteiger partial charge in [0.25, 0.3) is 5.91 Å². The molecule has 0 aliphatic carbocycles. The monoisotopic (exact) mass is 354 g/mol. The second kappa shape index (κ2) is 5.83. The number of benzene rings is 2. The summed E-state index contributed by atoms with van der Waals surface area (Å²) in [5.74, 6) is -0.0406. The summed E-state index contributed by atoms with van der Waals surface area (Å²) in [4.78, 5) is 29.1. The van der Waals surface area contributed by atoms with E-state index in [9.17, 15) is 14.0 Å². The van der Waals surface area contributed by atoms with Crippen LogP contribution in [-0.4, -0.2) is 44.0 Å². The van der Waals surface area contributed by atoms with Gasteiger partial charge in [0.05, 0.1) is 12.5 Å². The third-order valence-electron chi connectivity index (χ3n) is 5.42. The van der Waals surface area contributed by atoms with Crippen LogP contribution in [0.3, 0.4) is 0 Å². The predicted octanol–water partition coefficient (Wildman–Crippen LogP) is 2.59. The molecule has 2 heterocycles. The van der Waals surface area contributed by atoms with Crippen molar-refractivity contribution < 1.29 is 18.7 Å². The van der Waals surface area contributed by atoms with Gasteiger partial charge in [-0.1, -0.05) is 6.07 Å². The van der Waals surface area contributed by atoms with E-state index in [2.05, 4.69) is 0 Å². The van der Waals surface area contributed by atoms with Crippen LogP contribution in [-0.2, 0) is 10.2 Å². The van der Waals surface area contributed by atoms with E-state index < -0.39 is 11.2 Å². The number of rotatable bonds is 2. The Morgan fingerprint density at radius 1 is 1.23 bits per heavy atom. The maximum atomic E-state index is 13.5. The molecule has 0 aromatic heterocycles. The van der Waals surface area contributed by atoms with Crippen LogP contribution in [0.5, 0.6) is 5.75 Å². The fourth-order valence-corrected chi connectivity index (χ4v) is 4.05. The number of carbonyl (C=O) groups is 2. The van der Waals surface area contributed by atoms with Gasteiger partial charge in [-0.25, -0.2) is 4.39 Å². The van der Waals surface area contributed by atoms with Crippen LogP contribution in [0.1, 0.15) is 22.3 Å². The van der Waals surface area contributed by atoms with E-state index in [1.165, 1.54) is 18.2 Å². The molecule has 0 saturated carbocycles. The molecule has 0 N–H and O–H groups in total. The van der Waals surface area contributed by atoms with Gasteiger partial charge in [-0.05, 0) is 48.4 Å². The van der Waals surface area contributed by atoms with Gasteiger partial charge in [0.1, 0.15) is 11.6 Å². The van der Waals surface area contributed by atoms with Crippen LogP contribution in [0.25, 0.3) is 0 Å². The molecule has 2 amide bonds. The molecule has 1 atom stereocenters. The van der Waals surface area contributed by atoms with Gasteiger partial charge in [-0.3, -0.25) is 9.59 Å². The van der Waals surface area contributed by atoms with Gasteiger partial charge in [-0.15, -0.1) is 0 Å². The van der Waals surface area contributed by atoms with Crippen molar-refractivity contribution in [3.8, 4) is 5.75 Å². The zero-order valence-electron chi connectivity index (χ0n) is 14.7. The van der Waals surface area contributed by atoms with Crippen molar-refractivity contribution in [1.29, 1.82) is 0 Å². The van der Waals surface area contributed by atoms with Crippen molar-refractivity contribution in [2.24, 2.45) is 0 Å². The summed E-state index contributed by atoms with van der Waals surface area (Å²) in [6, 6.07) is 11.2. The molecule has 2 aliphatic heterocycles. The number of anilines is 1. The van der Waals surface area contributed by atoms with Crippen molar-refractivity contribution in [3.63, 3.8) is 0 Å². The second-order valence-electron chi connectivity index (χ2n) is 6.82. The summed E-state index contributed by atoms with van der Waals surface area (Å²) < 4.78 is 18.8. The van der Waals surface area contributed by atoms with Gasteiger partial charge in [0.2, 0.25) is 5.91 Å². The first-order valence-electron chi connectivity index (χ1n) is 8.48. The lowest BCUT2D eigenvalue weighted by Crippen LogP contribution is -2.42. The number of halogens is 1. The van der Waals surface area contributed by atoms with E-state index in [4.69, 9.17) is 4.74 Å². The number of fused-ring (bicyclic) bond motifs is 2. The number of amides is 2. The van der Waals surface area contributed by atoms with Gasteiger partial charge in [0, 0.05) is 31.4 Å². The Labute approximate surface area is 151 Å². The van der Waals surface area contributed by atoms with Crippen LogP contribution < -0.4 is 9.64 Å². The minimum Gasteiger partial charge on any atom is -0.497 e. The van der Waals surface area contributed by atoms with Gasteiger partial charge < -0.3 is 14.5 Å². The zero-order valence-corrected chi connectivity index (χ0v) is 14.7. The van der Waals surface area contributed by atoms with Gasteiger partial charge in [0.15, 0.2) is 0 Å². The van der Waals surface area contributed by atoms with Gasteiger partial charge in [-0.2, -0.15) is 0 Å². The fraction of sp³-hybridized carbons (Fsp3) is 0.300. The van der Waals surface area contributed by atoms with E-state index in [0.29, 0.717) is 24.3 Å². The molecule has 2 aromatic rings. The molecule has 6 heteroatoms. The molecule has 2 aromatic carbocycles. The van der Waals surface area contributed by atoms with Crippen LogP contribution in [0.15, 0.2) is 42.5 Å². The van der Waals surface area contributed by atoms with Crippen LogP contribution in [0, 0.1) is 5.82 Å². The van der Waals surface area contributed by atoms with Crippen molar-refractivity contribution in [2.75, 3.05) is 32.1 Å². The lowest BCUT2D eigenvalue weighted by Gasteiger charge is -2.23. The molecular weight excluding hydrogens is 335 g/mol. The zero-order chi connectivity index (χ0) is 18.5. The number of likely N-dealkylation sites (N-methyl/N-ethyl adjacent to an activating group) is 1. The van der Waals surface area contributed by atoms with E-state index >= 15 is 0 Å². The molecule has 0 unspecified atom stereocenters. The lowest BCUT2D eigenvalue weighted by atomic mass is 9.81. The summed E-state index contributed by atoms with van der Waals surface area (Å²) in [6.07, 6.45) is 0.539. The first-order valence-corrected chi connectivity index (χ1v) is 8.48. The van der Waals surface area contributed by atoms with Crippen molar-refractivity contribution in [3.05, 3.63) is 59.4 Å². The predicted molar refractivity (Wildman–Crippen MR) is 95.0 cm³/mol. The third-order valence-corrected chi connectivity index (χ3v) is 5.42. The van der Waals surface area contributed by atoms with Crippen LogP contribution in [0.4, 0.5) is 10.1 Å². The Kier molecular flexibility index (Phi) is 3.72. The highest BCUT2D eigenvalue weighted by molar-refractivity contribution is 6.09. The molecule has 2 aliphatic rings. The highest BCUT2D eigenvalue weighted by atomic mass is 19.1. The van der Waals surface area contributed by atoms with Crippen molar-refractivity contribution in [1.82, 2.24) is 4.90 Å². The standard InChI is InChI=1S/C20H19FN2O3/c1-22-17-7-6-15(26-2)11-16(17)20(19(22)25)8-9-23(12-20)18(24)13-4-3-5-14(21)10-13/h3-7,10-11H,8-9,12H2,1-2H3/t20-/m1/s1. The van der Waals surface area contributed by atoms with E-state index in [1.54, 1.807) is 30.0 Å². The topological polar surface area (TPSA) is 49.9 Å². The molecule has 5 nitrogen and oxygen atoms in total. The molecule has 1 fully saturated rings. The summed E-state index contributed by atoms with van der Waals surface area (Å²) in [5, 5.41) is 0. The molecule has 4 rings (SSSR count). The fourth-order valence-electron chi connectivity index (χ4n) is 4.05. The molecular formula is C20H19FN2O3. The average Bonchev–Trinajstić information content (AvgIpc) is 3.19. The van der Waals surface area contributed by atoms with Crippen molar-refractivity contribution in [2.45, 2.75) is 11.8 Å². The molecule has 26 heavy (non-hydrogen) atoms. The minimum absolute atomic E-state index is 0.0182. The first kappa shape index (κ1) is 16.6. The number of ether oxygens (including phenoxy) is 1. The third kappa shape index (κ3) is 2.29. The molecule has 0 radical (unpaired) electrons. The SMILES string of the molecule is COc1ccc2c(c1)[C@]1(CCN(C(=O)c3cccc(F)c3)C1)C(=O)N2C. The summed E-state index contributed by atoms with van der Waals surface area (Å²) >= 11 is 0.